The maximum absolute atomic E-state index is 13.0. The zero-order chi connectivity index (χ0) is 13.2. The first kappa shape index (κ1) is 15.2. The van der Waals surface area contributed by atoms with Gasteiger partial charge in [-0.05, 0) is 24.1 Å². The molecule has 0 aliphatic carbocycles. The van der Waals surface area contributed by atoms with Crippen molar-refractivity contribution in [2.75, 3.05) is 0 Å². The summed E-state index contributed by atoms with van der Waals surface area (Å²) in [7, 11) is 0. The van der Waals surface area contributed by atoms with Crippen molar-refractivity contribution in [1.29, 1.82) is 0 Å². The van der Waals surface area contributed by atoms with Crippen molar-refractivity contribution in [3.63, 3.8) is 0 Å². The fourth-order valence-corrected chi connectivity index (χ4v) is 2.18. The fraction of sp³-hybridized carbons (Fsp3) is 0.625. The number of aliphatic hydroxyl groups is 1. The van der Waals surface area contributed by atoms with Crippen LogP contribution in [0.3, 0.4) is 0 Å². The van der Waals surface area contributed by atoms with E-state index < -0.39 is 6.10 Å². The highest BCUT2D eigenvalue weighted by molar-refractivity contribution is 5.18. The summed E-state index contributed by atoms with van der Waals surface area (Å²) >= 11 is 0. The lowest BCUT2D eigenvalue weighted by molar-refractivity contribution is 0.163. The monoisotopic (exact) mass is 252 g/mol. The smallest absolute Gasteiger partial charge is 0.123 e. The van der Waals surface area contributed by atoms with Gasteiger partial charge in [-0.1, -0.05) is 64.0 Å². The van der Waals surface area contributed by atoms with Gasteiger partial charge in [0.15, 0.2) is 0 Å². The molecule has 0 saturated carbocycles. The number of rotatable bonds is 9. The highest BCUT2D eigenvalue weighted by atomic mass is 19.1. The van der Waals surface area contributed by atoms with Gasteiger partial charge in [-0.3, -0.25) is 0 Å². The average molecular weight is 252 g/mol. The zero-order valence-corrected chi connectivity index (χ0v) is 11.4. The van der Waals surface area contributed by atoms with Gasteiger partial charge in [0.2, 0.25) is 0 Å². The SMILES string of the molecule is CCCCCCCCCC(O)c1cccc(F)c1. The van der Waals surface area contributed by atoms with Crippen LogP contribution in [0.2, 0.25) is 0 Å². The van der Waals surface area contributed by atoms with Gasteiger partial charge in [0.25, 0.3) is 0 Å². The van der Waals surface area contributed by atoms with Crippen LogP contribution in [0.1, 0.15) is 70.0 Å². The molecule has 102 valence electrons. The van der Waals surface area contributed by atoms with Crippen molar-refractivity contribution in [2.24, 2.45) is 0 Å². The molecule has 0 spiro atoms. The van der Waals surface area contributed by atoms with E-state index in [4.69, 9.17) is 0 Å². The molecule has 1 N–H and O–H groups in total. The molecular formula is C16H25FO. The van der Waals surface area contributed by atoms with E-state index in [9.17, 15) is 9.50 Å². The van der Waals surface area contributed by atoms with Crippen molar-refractivity contribution in [1.82, 2.24) is 0 Å². The third-order valence-corrected chi connectivity index (χ3v) is 3.31. The van der Waals surface area contributed by atoms with Crippen molar-refractivity contribution in [3.8, 4) is 0 Å². The van der Waals surface area contributed by atoms with E-state index in [0.29, 0.717) is 5.56 Å². The van der Waals surface area contributed by atoms with Crippen LogP contribution >= 0.6 is 0 Å². The summed E-state index contributed by atoms with van der Waals surface area (Å²) in [5, 5.41) is 9.92. The summed E-state index contributed by atoms with van der Waals surface area (Å²) in [4.78, 5) is 0. The van der Waals surface area contributed by atoms with Crippen LogP contribution in [0.15, 0.2) is 24.3 Å². The second kappa shape index (κ2) is 9.09. The summed E-state index contributed by atoms with van der Waals surface area (Å²) in [5.41, 5.74) is 0.695. The first-order valence-corrected chi connectivity index (χ1v) is 7.17. The minimum Gasteiger partial charge on any atom is -0.388 e. The molecule has 0 amide bonds. The molecule has 0 aliphatic rings. The van der Waals surface area contributed by atoms with Gasteiger partial charge in [0.05, 0.1) is 6.10 Å². The average Bonchev–Trinajstić information content (AvgIpc) is 2.37. The molecule has 1 aromatic carbocycles. The molecule has 0 saturated heterocycles. The maximum Gasteiger partial charge on any atom is 0.123 e. The maximum atomic E-state index is 13.0. The third kappa shape index (κ3) is 6.15. The highest BCUT2D eigenvalue weighted by Crippen LogP contribution is 2.20. The Morgan fingerprint density at radius 3 is 2.39 bits per heavy atom. The van der Waals surface area contributed by atoms with Gasteiger partial charge in [-0.15, -0.1) is 0 Å². The van der Waals surface area contributed by atoms with Crippen molar-refractivity contribution in [2.45, 2.75) is 64.4 Å². The Labute approximate surface area is 110 Å². The summed E-state index contributed by atoms with van der Waals surface area (Å²) in [6.07, 6.45) is 8.86. The Kier molecular flexibility index (Phi) is 7.66. The van der Waals surface area contributed by atoms with Crippen LogP contribution in [-0.4, -0.2) is 5.11 Å². The molecule has 2 heteroatoms. The standard InChI is InChI=1S/C16H25FO/c1-2-3-4-5-6-7-8-12-16(18)14-10-9-11-15(17)13-14/h9-11,13,16,18H,2-8,12H2,1H3. The lowest BCUT2D eigenvalue weighted by Crippen LogP contribution is -1.97. The van der Waals surface area contributed by atoms with Gasteiger partial charge in [0, 0.05) is 0 Å². The molecule has 1 aromatic rings. The largest absolute Gasteiger partial charge is 0.388 e. The van der Waals surface area contributed by atoms with Gasteiger partial charge < -0.3 is 5.11 Å². The predicted molar refractivity (Wildman–Crippen MR) is 74.0 cm³/mol. The van der Waals surface area contributed by atoms with E-state index in [0.717, 1.165) is 19.3 Å². The van der Waals surface area contributed by atoms with Crippen molar-refractivity contribution in [3.05, 3.63) is 35.6 Å². The summed E-state index contributed by atoms with van der Waals surface area (Å²) in [5.74, 6) is -0.272. The van der Waals surface area contributed by atoms with Crippen molar-refractivity contribution < 1.29 is 9.50 Å². The Balaban J connectivity index is 2.12. The predicted octanol–water partition coefficient (Wildman–Crippen LogP) is 5.00. The Bertz CT molecular complexity index is 325. The number of benzene rings is 1. The second-order valence-corrected chi connectivity index (χ2v) is 4.98. The number of hydrogen-bond acceptors (Lipinski definition) is 1. The summed E-state index contributed by atoms with van der Waals surface area (Å²) < 4.78 is 13.0. The van der Waals surface area contributed by atoms with Gasteiger partial charge >= 0.3 is 0 Å². The van der Waals surface area contributed by atoms with Crippen molar-refractivity contribution >= 4 is 0 Å². The quantitative estimate of drug-likeness (QED) is 0.613. The van der Waals surface area contributed by atoms with Gasteiger partial charge in [-0.25, -0.2) is 4.39 Å². The number of aliphatic hydroxyl groups excluding tert-OH is 1. The molecule has 1 nitrogen and oxygen atoms in total. The zero-order valence-electron chi connectivity index (χ0n) is 11.4. The van der Waals surface area contributed by atoms with E-state index in [-0.39, 0.29) is 5.82 Å². The summed E-state index contributed by atoms with van der Waals surface area (Å²) in [6, 6.07) is 6.27. The van der Waals surface area contributed by atoms with Crippen LogP contribution < -0.4 is 0 Å². The molecule has 1 unspecified atom stereocenters. The first-order valence-electron chi connectivity index (χ1n) is 7.17. The Morgan fingerprint density at radius 1 is 1.06 bits per heavy atom. The molecule has 0 bridgehead atoms. The van der Waals surface area contributed by atoms with Gasteiger partial charge in [0.1, 0.15) is 5.82 Å². The molecule has 0 heterocycles. The molecule has 1 atom stereocenters. The van der Waals surface area contributed by atoms with E-state index in [1.54, 1.807) is 12.1 Å². The van der Waals surface area contributed by atoms with Crippen LogP contribution in [0, 0.1) is 5.82 Å². The molecular weight excluding hydrogens is 227 g/mol. The van der Waals surface area contributed by atoms with Crippen LogP contribution in [0.4, 0.5) is 4.39 Å². The van der Waals surface area contributed by atoms with E-state index in [1.807, 2.05) is 0 Å². The third-order valence-electron chi connectivity index (χ3n) is 3.31. The van der Waals surface area contributed by atoms with Gasteiger partial charge in [-0.2, -0.15) is 0 Å². The molecule has 0 radical (unpaired) electrons. The molecule has 1 rings (SSSR count). The van der Waals surface area contributed by atoms with Crippen LogP contribution in [0.5, 0.6) is 0 Å². The second-order valence-electron chi connectivity index (χ2n) is 4.98. The Morgan fingerprint density at radius 2 is 1.72 bits per heavy atom. The normalized spacial score (nSPS) is 12.6. The minimum atomic E-state index is -0.517. The van der Waals surface area contributed by atoms with E-state index in [2.05, 4.69) is 6.92 Å². The molecule has 0 aromatic heterocycles. The van der Waals surface area contributed by atoms with Crippen LogP contribution in [-0.2, 0) is 0 Å². The number of hydrogen-bond donors (Lipinski definition) is 1. The topological polar surface area (TPSA) is 20.2 Å². The lowest BCUT2D eigenvalue weighted by Gasteiger charge is -2.10. The molecule has 0 fully saturated rings. The first-order chi connectivity index (χ1) is 8.74. The Hall–Kier alpha value is -0.890. The van der Waals surface area contributed by atoms with E-state index >= 15 is 0 Å². The molecule has 0 aliphatic heterocycles. The number of halogens is 1. The van der Waals surface area contributed by atoms with E-state index in [1.165, 1.54) is 44.2 Å². The number of unbranched alkanes of at least 4 members (excludes halogenated alkanes) is 6. The molecule has 18 heavy (non-hydrogen) atoms. The highest BCUT2D eigenvalue weighted by Gasteiger charge is 2.07. The van der Waals surface area contributed by atoms with Crippen LogP contribution in [0.25, 0.3) is 0 Å². The summed E-state index contributed by atoms with van der Waals surface area (Å²) in [6.45, 7) is 2.22. The lowest BCUT2D eigenvalue weighted by atomic mass is 10.0. The fourth-order valence-electron chi connectivity index (χ4n) is 2.18. The minimum absolute atomic E-state index is 0.272.